The van der Waals surface area contributed by atoms with Gasteiger partial charge < -0.3 is 20.4 Å². The number of pyridine rings is 1. The van der Waals surface area contributed by atoms with E-state index in [2.05, 4.69) is 312 Å². The third-order valence-electron chi connectivity index (χ3n) is 18.6. The highest BCUT2D eigenvalue weighted by Gasteiger charge is 2.19. The van der Waals surface area contributed by atoms with Gasteiger partial charge in [-0.25, -0.2) is 0 Å². The number of aromatic nitrogens is 1. The topological polar surface area (TPSA) is 62.1 Å². The maximum absolute atomic E-state index is 6.25. The summed E-state index contributed by atoms with van der Waals surface area (Å²) in [5.74, 6) is 0. The number of anilines is 6. The van der Waals surface area contributed by atoms with Gasteiger partial charge in [-0.15, -0.1) is 34.0 Å². The largest absolute Gasteiger partial charge is 0.456 e. The smallest absolute Gasteiger partial charge is 0.136 e. The molecule has 0 atom stereocenters. The number of hydrogen-bond acceptors (Lipinski definition) is 8. The van der Waals surface area contributed by atoms with Gasteiger partial charge in [0.2, 0.25) is 0 Å². The number of hydrogen-bond donors (Lipinski definition) is 3. The zero-order valence-electron chi connectivity index (χ0n) is 53.5. The molecule has 0 fully saturated rings. The van der Waals surface area contributed by atoms with E-state index in [1.165, 1.54) is 110 Å². The summed E-state index contributed by atoms with van der Waals surface area (Å²) in [6, 6.07) is 120. The molecule has 20 aromatic rings. The van der Waals surface area contributed by atoms with E-state index in [-0.39, 0.29) is 0 Å². The summed E-state index contributed by atoms with van der Waals surface area (Å²) < 4.78 is 14.0. The summed E-state index contributed by atoms with van der Waals surface area (Å²) in [6.45, 7) is 0. The minimum absolute atomic E-state index is 0.915. The van der Waals surface area contributed by atoms with Crippen molar-refractivity contribution < 1.29 is 4.42 Å². The van der Waals surface area contributed by atoms with E-state index in [0.29, 0.717) is 0 Å². The van der Waals surface area contributed by atoms with Crippen molar-refractivity contribution in [1.82, 2.24) is 4.98 Å². The average Bonchev–Trinajstić information content (AvgIpc) is 1.52. The minimum atomic E-state index is 0.915. The summed E-state index contributed by atoms with van der Waals surface area (Å²) >= 11 is 5.54. The molecule has 0 unspecified atom stereocenters. The lowest BCUT2D eigenvalue weighted by Crippen LogP contribution is -1.94. The van der Waals surface area contributed by atoms with Crippen molar-refractivity contribution in [3.63, 3.8) is 0 Å². The Bertz CT molecular complexity index is 6380. The first-order chi connectivity index (χ1) is 49.0. The van der Waals surface area contributed by atoms with E-state index < -0.39 is 0 Å². The van der Waals surface area contributed by atoms with E-state index in [1.54, 1.807) is 0 Å². The van der Waals surface area contributed by atoms with E-state index in [0.717, 1.165) is 72.9 Å². The third kappa shape index (κ3) is 11.5. The summed E-state index contributed by atoms with van der Waals surface area (Å²) in [4.78, 5) is 4.58. The molecule has 0 aliphatic rings. The number of para-hydroxylation sites is 3. The minimum Gasteiger partial charge on any atom is -0.456 e. The first-order valence-electron chi connectivity index (χ1n) is 33.2. The van der Waals surface area contributed by atoms with Crippen LogP contribution in [0.15, 0.2) is 350 Å². The molecule has 99 heavy (non-hydrogen) atoms. The Hall–Kier alpha value is -12.2. The van der Waals surface area contributed by atoms with Crippen molar-refractivity contribution in [2.75, 3.05) is 16.0 Å². The van der Waals surface area contributed by atoms with Gasteiger partial charge in [-0.3, -0.25) is 4.98 Å². The number of nitrogens with one attached hydrogen (secondary N) is 3. The molecule has 468 valence electrons. The third-order valence-corrected chi connectivity index (χ3v) is 22.0. The van der Waals surface area contributed by atoms with Crippen molar-refractivity contribution in [2.45, 2.75) is 0 Å². The Morgan fingerprint density at radius 2 is 0.808 bits per heavy atom. The van der Waals surface area contributed by atoms with Gasteiger partial charge in [-0.1, -0.05) is 212 Å². The molecule has 3 N–H and O–H groups in total. The molecule has 5 aromatic heterocycles. The summed E-state index contributed by atoms with van der Waals surface area (Å²) in [7, 11) is 0. The molecule has 5 heterocycles. The molecule has 0 aliphatic carbocycles. The van der Waals surface area contributed by atoms with Crippen molar-refractivity contribution >= 4 is 172 Å². The van der Waals surface area contributed by atoms with Gasteiger partial charge >= 0.3 is 0 Å². The van der Waals surface area contributed by atoms with Crippen LogP contribution in [0.5, 0.6) is 0 Å². The zero-order chi connectivity index (χ0) is 65.6. The molecule has 0 spiro atoms. The maximum Gasteiger partial charge on any atom is 0.136 e. The fourth-order valence-electron chi connectivity index (χ4n) is 13.9. The van der Waals surface area contributed by atoms with Crippen LogP contribution in [0.3, 0.4) is 0 Å². The predicted octanol–water partition coefficient (Wildman–Crippen LogP) is 27.7. The highest BCUT2D eigenvalue weighted by Crippen LogP contribution is 2.47. The number of thiophene rings is 3. The van der Waals surface area contributed by atoms with Gasteiger partial charge in [0, 0.05) is 123 Å². The quantitative estimate of drug-likeness (QED) is 0.119. The van der Waals surface area contributed by atoms with Crippen LogP contribution < -0.4 is 16.0 Å². The van der Waals surface area contributed by atoms with Crippen LogP contribution in [0, 0.1) is 0 Å². The van der Waals surface area contributed by atoms with Gasteiger partial charge in [0.25, 0.3) is 0 Å². The molecule has 0 saturated heterocycles. The first kappa shape index (κ1) is 59.3. The molecule has 0 amide bonds. The van der Waals surface area contributed by atoms with Crippen molar-refractivity contribution in [1.29, 1.82) is 0 Å². The van der Waals surface area contributed by atoms with Crippen molar-refractivity contribution in [2.24, 2.45) is 0 Å². The predicted molar refractivity (Wildman–Crippen MR) is 429 cm³/mol. The molecule has 0 aliphatic heterocycles. The lowest BCUT2D eigenvalue weighted by atomic mass is 9.92. The summed E-state index contributed by atoms with van der Waals surface area (Å²) in [5, 5.41) is 26.2. The summed E-state index contributed by atoms with van der Waals surface area (Å²) in [6.07, 6.45) is 1.84. The van der Waals surface area contributed by atoms with Gasteiger partial charge in [-0.2, -0.15) is 0 Å². The Balaban J connectivity index is 0.000000109. The van der Waals surface area contributed by atoms with Gasteiger partial charge in [0.1, 0.15) is 11.2 Å². The molecule has 0 saturated carbocycles. The lowest BCUT2D eigenvalue weighted by molar-refractivity contribution is 0.669. The van der Waals surface area contributed by atoms with Crippen molar-refractivity contribution in [3.05, 3.63) is 346 Å². The van der Waals surface area contributed by atoms with Gasteiger partial charge in [0.05, 0.1) is 5.69 Å². The second-order valence-corrected chi connectivity index (χ2v) is 28.0. The van der Waals surface area contributed by atoms with Crippen LogP contribution >= 0.6 is 34.0 Å². The number of nitrogens with zero attached hydrogens (tertiary/aromatic N) is 1. The zero-order valence-corrected chi connectivity index (χ0v) is 55.9. The van der Waals surface area contributed by atoms with E-state index in [1.807, 2.05) is 88.7 Å². The number of fused-ring (bicyclic) bond motifs is 15. The second-order valence-electron chi connectivity index (χ2n) is 24.8. The molecular formula is C91H60N4OS3. The SMILES string of the molecule is c1ccc(-c2ccc(Nc3cc(-c4ccc5c(c4)oc4ccccc45)c4sc5ccccc5c4c3)cc2)cc1.c1ccc(Nc2cc(-c3cc4ccccc4c4ccccc34)cc3sc4ccccc4c23)cc1.c1ccc(Nc2cc3c(cc2-c2ccccn2)sc2ccccc23)cc1. The van der Waals surface area contributed by atoms with Gasteiger partial charge in [0.15, 0.2) is 0 Å². The molecule has 0 radical (unpaired) electrons. The maximum atomic E-state index is 6.25. The van der Waals surface area contributed by atoms with Gasteiger partial charge in [-0.05, 0) is 177 Å². The highest BCUT2D eigenvalue weighted by atomic mass is 32.1. The second kappa shape index (κ2) is 25.8. The Labute approximate surface area is 583 Å². The van der Waals surface area contributed by atoms with Crippen LogP contribution in [-0.2, 0) is 0 Å². The molecular weight excluding hydrogens is 1260 g/mol. The molecule has 0 bridgehead atoms. The van der Waals surface area contributed by atoms with E-state index in [4.69, 9.17) is 4.42 Å². The molecule has 15 aromatic carbocycles. The molecule has 5 nitrogen and oxygen atoms in total. The average molecular weight is 1320 g/mol. The van der Waals surface area contributed by atoms with Crippen LogP contribution in [0.2, 0.25) is 0 Å². The summed E-state index contributed by atoms with van der Waals surface area (Å²) in [5.41, 5.74) is 17.7. The van der Waals surface area contributed by atoms with E-state index >= 15 is 0 Å². The highest BCUT2D eigenvalue weighted by molar-refractivity contribution is 7.27. The fraction of sp³-hybridized carbons (Fsp3) is 0. The number of furan rings is 1. The van der Waals surface area contributed by atoms with Crippen LogP contribution in [0.25, 0.3) is 149 Å². The fourth-order valence-corrected chi connectivity index (χ4v) is 17.4. The standard InChI is InChI=1S/C36H23NOS.C32H21NS.C23H16N2S/c1-2-8-23(9-3-1)24-14-17-26(18-15-24)37-27-21-31(36-32(22-27)30-11-5-7-13-35(30)39-36)25-16-19-29-28-10-4-6-12-33(28)38-34(29)20-25;1-2-11-23(12-3-1)33-29-19-22(20-31-32(29)27-16-8-9-17-30(27)34-31)28-18-21-10-4-5-13-24(21)25-14-6-7-15-26(25)28;1-2-8-16(9-3-1)25-21-14-18-17-10-4-5-12-22(17)26-23(18)15-19(21)20-11-6-7-13-24-20/h1-22,37H;1-20,33H;1-15,25H. The number of rotatable bonds is 10. The Kier molecular flexibility index (Phi) is 15.4. The molecule has 8 heteroatoms. The van der Waals surface area contributed by atoms with Crippen molar-refractivity contribution in [3.8, 4) is 44.6 Å². The van der Waals surface area contributed by atoms with Crippen LogP contribution in [-0.4, -0.2) is 4.98 Å². The first-order valence-corrected chi connectivity index (χ1v) is 35.6. The number of benzene rings is 15. The molecule has 20 rings (SSSR count). The van der Waals surface area contributed by atoms with E-state index in [9.17, 15) is 0 Å². The monoisotopic (exact) mass is 1320 g/mol. The normalized spacial score (nSPS) is 11.4. The van der Waals surface area contributed by atoms with Crippen LogP contribution in [0.1, 0.15) is 0 Å². The Morgan fingerprint density at radius 3 is 1.55 bits per heavy atom. The lowest BCUT2D eigenvalue weighted by Gasteiger charge is -2.14. The Morgan fingerprint density at radius 1 is 0.253 bits per heavy atom. The van der Waals surface area contributed by atoms with Crippen LogP contribution in [0.4, 0.5) is 34.1 Å².